The van der Waals surface area contributed by atoms with Crippen LogP contribution in [0, 0.1) is 18.7 Å². The summed E-state index contributed by atoms with van der Waals surface area (Å²) in [4.78, 5) is 25.7. The SMILES string of the molecule is Cc1nnc(NC(=O)C2CC(=O)N(c3ccc(F)cc3)C2)s1. The summed E-state index contributed by atoms with van der Waals surface area (Å²) >= 11 is 1.28. The van der Waals surface area contributed by atoms with Crippen molar-refractivity contribution < 1.29 is 14.0 Å². The molecule has 1 N–H and O–H groups in total. The highest BCUT2D eigenvalue weighted by Gasteiger charge is 2.35. The average molecular weight is 320 g/mol. The number of anilines is 2. The van der Waals surface area contributed by atoms with Crippen molar-refractivity contribution in [3.63, 3.8) is 0 Å². The molecule has 0 saturated carbocycles. The normalized spacial score (nSPS) is 17.8. The van der Waals surface area contributed by atoms with E-state index in [1.165, 1.54) is 40.5 Å². The molecule has 1 aromatic carbocycles. The molecule has 1 aliphatic rings. The Labute approximate surface area is 130 Å². The number of amides is 2. The molecule has 1 saturated heterocycles. The zero-order chi connectivity index (χ0) is 15.7. The summed E-state index contributed by atoms with van der Waals surface area (Å²) in [6.45, 7) is 2.07. The van der Waals surface area contributed by atoms with E-state index in [1.807, 2.05) is 0 Å². The van der Waals surface area contributed by atoms with Gasteiger partial charge in [0.15, 0.2) is 0 Å². The van der Waals surface area contributed by atoms with Gasteiger partial charge in [0.2, 0.25) is 16.9 Å². The smallest absolute Gasteiger partial charge is 0.231 e. The predicted molar refractivity (Wildman–Crippen MR) is 80.1 cm³/mol. The number of hydrogen-bond donors (Lipinski definition) is 1. The second kappa shape index (κ2) is 5.80. The lowest BCUT2D eigenvalue weighted by Crippen LogP contribution is -2.28. The summed E-state index contributed by atoms with van der Waals surface area (Å²) in [5, 5.41) is 11.5. The molecule has 0 bridgehead atoms. The summed E-state index contributed by atoms with van der Waals surface area (Å²) in [5.74, 6) is -1.23. The average Bonchev–Trinajstić information content (AvgIpc) is 3.06. The van der Waals surface area contributed by atoms with Crippen LogP contribution < -0.4 is 10.2 Å². The van der Waals surface area contributed by atoms with E-state index in [0.29, 0.717) is 10.8 Å². The van der Waals surface area contributed by atoms with Crippen molar-refractivity contribution in [2.24, 2.45) is 5.92 Å². The van der Waals surface area contributed by atoms with Crippen molar-refractivity contribution >= 4 is 34.0 Å². The van der Waals surface area contributed by atoms with Crippen molar-refractivity contribution in [2.75, 3.05) is 16.8 Å². The lowest BCUT2D eigenvalue weighted by molar-refractivity contribution is -0.122. The van der Waals surface area contributed by atoms with Crippen LogP contribution in [0.1, 0.15) is 11.4 Å². The van der Waals surface area contributed by atoms with Crippen LogP contribution in [-0.2, 0) is 9.59 Å². The fraction of sp³-hybridized carbons (Fsp3) is 0.286. The first kappa shape index (κ1) is 14.6. The molecule has 114 valence electrons. The number of benzene rings is 1. The fourth-order valence-corrected chi connectivity index (χ4v) is 2.90. The standard InChI is InChI=1S/C14H13FN4O2S/c1-8-17-18-14(22-8)16-13(21)9-6-12(20)19(7-9)11-4-2-10(15)3-5-11/h2-5,9H,6-7H2,1H3,(H,16,18,21). The van der Waals surface area contributed by atoms with E-state index < -0.39 is 5.92 Å². The van der Waals surface area contributed by atoms with Crippen molar-refractivity contribution in [1.29, 1.82) is 0 Å². The first-order chi connectivity index (χ1) is 10.5. The van der Waals surface area contributed by atoms with Crippen LogP contribution in [0.5, 0.6) is 0 Å². The molecule has 0 radical (unpaired) electrons. The molecule has 1 atom stereocenters. The predicted octanol–water partition coefficient (Wildman–Crippen LogP) is 1.98. The van der Waals surface area contributed by atoms with E-state index in [2.05, 4.69) is 15.5 Å². The van der Waals surface area contributed by atoms with Crippen molar-refractivity contribution in [3.05, 3.63) is 35.1 Å². The molecule has 6 nitrogen and oxygen atoms in total. The van der Waals surface area contributed by atoms with Gasteiger partial charge in [-0.05, 0) is 31.2 Å². The fourth-order valence-electron chi connectivity index (χ4n) is 2.31. The largest absolute Gasteiger partial charge is 0.312 e. The van der Waals surface area contributed by atoms with Crippen molar-refractivity contribution in [3.8, 4) is 0 Å². The lowest BCUT2D eigenvalue weighted by Gasteiger charge is -2.16. The summed E-state index contributed by atoms with van der Waals surface area (Å²) in [6.07, 6.45) is 0.126. The molecular formula is C14H13FN4O2S. The van der Waals surface area contributed by atoms with Gasteiger partial charge in [-0.2, -0.15) is 0 Å². The van der Waals surface area contributed by atoms with Gasteiger partial charge in [0.25, 0.3) is 0 Å². The zero-order valence-electron chi connectivity index (χ0n) is 11.7. The number of aromatic nitrogens is 2. The molecule has 3 rings (SSSR count). The molecule has 2 amide bonds. The second-order valence-corrected chi connectivity index (χ2v) is 6.18. The third-order valence-corrected chi connectivity index (χ3v) is 4.14. The maximum Gasteiger partial charge on any atom is 0.231 e. The molecule has 2 aromatic rings. The Morgan fingerprint density at radius 1 is 1.36 bits per heavy atom. The molecule has 0 aliphatic carbocycles. The van der Waals surface area contributed by atoms with E-state index in [-0.39, 0.29) is 30.6 Å². The molecule has 8 heteroatoms. The Hall–Kier alpha value is -2.35. The van der Waals surface area contributed by atoms with Gasteiger partial charge in [0.05, 0.1) is 5.92 Å². The van der Waals surface area contributed by atoms with Crippen LogP contribution in [0.4, 0.5) is 15.2 Å². The van der Waals surface area contributed by atoms with Gasteiger partial charge in [-0.3, -0.25) is 9.59 Å². The van der Waals surface area contributed by atoms with E-state index in [1.54, 1.807) is 6.92 Å². The van der Waals surface area contributed by atoms with Crippen molar-refractivity contribution in [1.82, 2.24) is 10.2 Å². The summed E-state index contributed by atoms with van der Waals surface area (Å²) in [5.41, 5.74) is 0.591. The van der Waals surface area contributed by atoms with Crippen molar-refractivity contribution in [2.45, 2.75) is 13.3 Å². The number of halogens is 1. The zero-order valence-corrected chi connectivity index (χ0v) is 12.6. The number of carbonyl (C=O) groups excluding carboxylic acids is 2. The summed E-state index contributed by atoms with van der Waals surface area (Å²) in [6, 6.07) is 5.64. The molecule has 2 heterocycles. The summed E-state index contributed by atoms with van der Waals surface area (Å²) in [7, 11) is 0. The van der Waals surface area contributed by atoms with Gasteiger partial charge >= 0.3 is 0 Å². The number of nitrogens with zero attached hydrogens (tertiary/aromatic N) is 3. The molecule has 1 aromatic heterocycles. The maximum atomic E-state index is 12.9. The van der Waals surface area contributed by atoms with E-state index in [4.69, 9.17) is 0 Å². The number of carbonyl (C=O) groups is 2. The molecule has 1 unspecified atom stereocenters. The Morgan fingerprint density at radius 3 is 2.73 bits per heavy atom. The Balaban J connectivity index is 1.68. The topological polar surface area (TPSA) is 75.2 Å². The minimum Gasteiger partial charge on any atom is -0.312 e. The Bertz CT molecular complexity index is 716. The molecule has 1 aliphatic heterocycles. The Morgan fingerprint density at radius 2 is 2.09 bits per heavy atom. The van der Waals surface area contributed by atoms with Crippen LogP contribution in [0.3, 0.4) is 0 Å². The van der Waals surface area contributed by atoms with Crippen LogP contribution >= 0.6 is 11.3 Å². The highest BCUT2D eigenvalue weighted by molar-refractivity contribution is 7.15. The minimum atomic E-state index is -0.457. The van der Waals surface area contributed by atoms with Gasteiger partial charge < -0.3 is 10.2 Å². The van der Waals surface area contributed by atoms with E-state index in [9.17, 15) is 14.0 Å². The van der Waals surface area contributed by atoms with Gasteiger partial charge in [0, 0.05) is 18.7 Å². The molecule has 1 fully saturated rings. The number of rotatable bonds is 3. The van der Waals surface area contributed by atoms with Crippen LogP contribution in [0.2, 0.25) is 0 Å². The number of hydrogen-bond acceptors (Lipinski definition) is 5. The van der Waals surface area contributed by atoms with Crippen LogP contribution in [0.15, 0.2) is 24.3 Å². The number of aryl methyl sites for hydroxylation is 1. The minimum absolute atomic E-state index is 0.126. The first-order valence-electron chi connectivity index (χ1n) is 6.70. The van der Waals surface area contributed by atoms with Gasteiger partial charge in [0.1, 0.15) is 10.8 Å². The molecular weight excluding hydrogens is 307 g/mol. The molecule has 22 heavy (non-hydrogen) atoms. The summed E-state index contributed by atoms with van der Waals surface area (Å²) < 4.78 is 12.9. The van der Waals surface area contributed by atoms with E-state index >= 15 is 0 Å². The van der Waals surface area contributed by atoms with Crippen LogP contribution in [-0.4, -0.2) is 28.6 Å². The third kappa shape index (κ3) is 2.96. The quantitative estimate of drug-likeness (QED) is 0.938. The maximum absolute atomic E-state index is 12.9. The van der Waals surface area contributed by atoms with Crippen LogP contribution in [0.25, 0.3) is 0 Å². The Kier molecular flexibility index (Phi) is 3.84. The van der Waals surface area contributed by atoms with Gasteiger partial charge in [-0.25, -0.2) is 4.39 Å². The highest BCUT2D eigenvalue weighted by atomic mass is 32.1. The van der Waals surface area contributed by atoms with E-state index in [0.717, 1.165) is 5.01 Å². The van der Waals surface area contributed by atoms with Gasteiger partial charge in [-0.15, -0.1) is 10.2 Å². The lowest BCUT2D eigenvalue weighted by atomic mass is 10.1. The highest BCUT2D eigenvalue weighted by Crippen LogP contribution is 2.26. The molecule has 0 spiro atoms. The van der Waals surface area contributed by atoms with Gasteiger partial charge in [-0.1, -0.05) is 11.3 Å². The first-order valence-corrected chi connectivity index (χ1v) is 7.51. The second-order valence-electron chi connectivity index (χ2n) is 5.00. The third-order valence-electron chi connectivity index (χ3n) is 3.39. The monoisotopic (exact) mass is 320 g/mol. The number of nitrogens with one attached hydrogen (secondary N) is 1.